The van der Waals surface area contributed by atoms with Gasteiger partial charge in [0.2, 0.25) is 0 Å². The lowest BCUT2D eigenvalue weighted by molar-refractivity contribution is 0.0261. The maximum Gasteiger partial charge on any atom is 0.282 e. The minimum absolute atomic E-state index is 0.249. The van der Waals surface area contributed by atoms with Gasteiger partial charge in [-0.05, 0) is 12.1 Å². The van der Waals surface area contributed by atoms with Gasteiger partial charge in [0, 0.05) is 20.6 Å². The molecule has 1 aliphatic heterocycles. The lowest BCUT2D eigenvalue weighted by Gasteiger charge is -2.35. The Labute approximate surface area is 135 Å². The van der Waals surface area contributed by atoms with Gasteiger partial charge in [-0.15, -0.1) is 0 Å². The average Bonchev–Trinajstić information content (AvgIpc) is 3.05. The molecule has 124 valence electrons. The van der Waals surface area contributed by atoms with Gasteiger partial charge in [0.25, 0.3) is 10.2 Å². The molecular weight excluding hydrogens is 318 g/mol. The lowest BCUT2D eigenvalue weighted by atomic mass is 10.2. The van der Waals surface area contributed by atoms with E-state index in [1.165, 1.54) is 29.0 Å². The van der Waals surface area contributed by atoms with Crippen LogP contribution in [0.4, 0.5) is 0 Å². The number of rotatable bonds is 4. The van der Waals surface area contributed by atoms with Crippen LogP contribution in [0.3, 0.4) is 0 Å². The van der Waals surface area contributed by atoms with Gasteiger partial charge in [0.05, 0.1) is 18.9 Å². The first-order valence-corrected chi connectivity index (χ1v) is 8.64. The first-order chi connectivity index (χ1) is 11.0. The fourth-order valence-electron chi connectivity index (χ4n) is 2.52. The maximum absolute atomic E-state index is 12.6. The number of hydrogen-bond donors (Lipinski definition) is 0. The molecule has 9 heteroatoms. The molecule has 3 rings (SSSR count). The molecule has 0 amide bonds. The van der Waals surface area contributed by atoms with Crippen LogP contribution in [0.2, 0.25) is 0 Å². The van der Waals surface area contributed by atoms with Crippen LogP contribution in [0.1, 0.15) is 11.9 Å². The number of morpholine rings is 1. The molecule has 0 spiro atoms. The smallest absolute Gasteiger partial charge is 0.282 e. The number of aromatic nitrogens is 3. The van der Waals surface area contributed by atoms with Gasteiger partial charge in [0.1, 0.15) is 12.4 Å². The van der Waals surface area contributed by atoms with E-state index >= 15 is 0 Å². The summed E-state index contributed by atoms with van der Waals surface area (Å²) in [5, 5.41) is 4.24. The fourth-order valence-corrected chi connectivity index (χ4v) is 3.72. The van der Waals surface area contributed by atoms with E-state index in [4.69, 9.17) is 4.74 Å². The van der Waals surface area contributed by atoms with Crippen molar-refractivity contribution in [3.63, 3.8) is 0 Å². The molecule has 23 heavy (non-hydrogen) atoms. The van der Waals surface area contributed by atoms with Crippen molar-refractivity contribution in [3.8, 4) is 5.69 Å². The van der Waals surface area contributed by atoms with E-state index in [-0.39, 0.29) is 13.2 Å². The number of hydrogen-bond acceptors (Lipinski definition) is 5. The van der Waals surface area contributed by atoms with Crippen molar-refractivity contribution in [1.29, 1.82) is 0 Å². The maximum atomic E-state index is 12.6. The van der Waals surface area contributed by atoms with Gasteiger partial charge in [-0.3, -0.25) is 0 Å². The average molecular weight is 337 g/mol. The summed E-state index contributed by atoms with van der Waals surface area (Å²) >= 11 is 0. The van der Waals surface area contributed by atoms with Crippen LogP contribution in [-0.4, -0.2) is 65.6 Å². The molecule has 0 N–H and O–H groups in total. The van der Waals surface area contributed by atoms with Crippen LogP contribution in [0.15, 0.2) is 36.7 Å². The molecule has 0 radical (unpaired) electrons. The Bertz CT molecular complexity index is 760. The predicted octanol–water partition coefficient (Wildman–Crippen LogP) is 0.447. The highest BCUT2D eigenvalue weighted by Crippen LogP contribution is 2.27. The van der Waals surface area contributed by atoms with E-state index in [0.717, 1.165) is 5.69 Å². The summed E-state index contributed by atoms with van der Waals surface area (Å²) in [4.78, 5) is 4.29. The van der Waals surface area contributed by atoms with Crippen molar-refractivity contribution in [2.75, 3.05) is 33.9 Å². The molecule has 1 fully saturated rings. The molecule has 2 heterocycles. The van der Waals surface area contributed by atoms with Gasteiger partial charge in [-0.1, -0.05) is 18.2 Å². The molecule has 1 aliphatic rings. The van der Waals surface area contributed by atoms with E-state index in [9.17, 15) is 8.42 Å². The topological polar surface area (TPSA) is 80.6 Å². The summed E-state index contributed by atoms with van der Waals surface area (Å²) in [6.07, 6.45) is 1.43. The first-order valence-electron chi connectivity index (χ1n) is 7.24. The Kier molecular flexibility index (Phi) is 4.44. The summed E-state index contributed by atoms with van der Waals surface area (Å²) in [5.74, 6) is 0.543. The summed E-state index contributed by atoms with van der Waals surface area (Å²) in [7, 11) is -0.533. The molecule has 0 bridgehead atoms. The molecule has 2 aromatic rings. The molecule has 1 aromatic carbocycles. The second-order valence-corrected chi connectivity index (χ2v) is 7.45. The van der Waals surface area contributed by atoms with Gasteiger partial charge in [0.15, 0.2) is 5.82 Å². The Morgan fingerprint density at radius 1 is 1.26 bits per heavy atom. The Balaban J connectivity index is 2.02. The quantitative estimate of drug-likeness (QED) is 0.809. The Hall–Kier alpha value is -1.81. The summed E-state index contributed by atoms with van der Waals surface area (Å²) in [5.41, 5.74) is 0.827. The first kappa shape index (κ1) is 16.1. The SMILES string of the molecule is CN(C)S(=O)(=O)N1CCOC[C@@H]1c1ncnn1-c1ccccc1. The molecule has 1 saturated heterocycles. The van der Waals surface area contributed by atoms with Crippen molar-refractivity contribution in [3.05, 3.63) is 42.5 Å². The Morgan fingerprint density at radius 2 is 2.00 bits per heavy atom. The second-order valence-electron chi connectivity index (χ2n) is 5.36. The second kappa shape index (κ2) is 6.36. The standard InChI is InChI=1S/C14H19N5O3S/c1-17(2)23(20,21)18-8-9-22-10-13(18)14-15-11-16-19(14)12-6-4-3-5-7-12/h3-7,11,13H,8-10H2,1-2H3/t13-/m1/s1. The highest BCUT2D eigenvalue weighted by Gasteiger charge is 2.38. The number of benzene rings is 1. The highest BCUT2D eigenvalue weighted by atomic mass is 32.2. The minimum atomic E-state index is -3.57. The van der Waals surface area contributed by atoms with Gasteiger partial charge in [-0.2, -0.15) is 22.1 Å². The predicted molar refractivity (Wildman–Crippen MR) is 84.2 cm³/mol. The van der Waals surface area contributed by atoms with Crippen LogP contribution >= 0.6 is 0 Å². The van der Waals surface area contributed by atoms with Crippen LogP contribution in [0, 0.1) is 0 Å². The summed E-state index contributed by atoms with van der Waals surface area (Å²) < 4.78 is 34.9. The molecule has 8 nitrogen and oxygen atoms in total. The van der Waals surface area contributed by atoms with Crippen molar-refractivity contribution < 1.29 is 13.2 Å². The summed E-state index contributed by atoms with van der Waals surface area (Å²) in [6, 6.07) is 8.98. The van der Waals surface area contributed by atoms with Gasteiger partial charge >= 0.3 is 0 Å². The molecular formula is C14H19N5O3S. The van der Waals surface area contributed by atoms with Gasteiger partial charge in [-0.25, -0.2) is 9.67 Å². The van der Waals surface area contributed by atoms with Gasteiger partial charge < -0.3 is 4.74 Å². The third kappa shape index (κ3) is 3.00. The van der Waals surface area contributed by atoms with Crippen LogP contribution < -0.4 is 0 Å². The zero-order valence-corrected chi connectivity index (χ0v) is 13.8. The molecule has 1 atom stereocenters. The largest absolute Gasteiger partial charge is 0.378 e. The van der Waals surface area contributed by atoms with Crippen molar-refractivity contribution >= 4 is 10.2 Å². The minimum Gasteiger partial charge on any atom is -0.378 e. The zero-order valence-electron chi connectivity index (χ0n) is 13.0. The van der Waals surface area contributed by atoms with E-state index in [0.29, 0.717) is 12.4 Å². The number of ether oxygens (including phenoxy) is 1. The normalized spacial score (nSPS) is 20.0. The van der Waals surface area contributed by atoms with Crippen molar-refractivity contribution in [2.24, 2.45) is 0 Å². The van der Waals surface area contributed by atoms with Crippen LogP contribution in [0.5, 0.6) is 0 Å². The van der Waals surface area contributed by atoms with E-state index in [2.05, 4.69) is 10.1 Å². The fraction of sp³-hybridized carbons (Fsp3) is 0.429. The highest BCUT2D eigenvalue weighted by molar-refractivity contribution is 7.86. The molecule has 0 saturated carbocycles. The monoisotopic (exact) mass is 337 g/mol. The van der Waals surface area contributed by atoms with Crippen LogP contribution in [-0.2, 0) is 14.9 Å². The molecule has 1 aromatic heterocycles. The zero-order chi connectivity index (χ0) is 16.4. The van der Waals surface area contributed by atoms with E-state index < -0.39 is 16.3 Å². The number of para-hydroxylation sites is 1. The summed E-state index contributed by atoms with van der Waals surface area (Å²) in [6.45, 7) is 0.897. The molecule has 0 aliphatic carbocycles. The third-order valence-corrected chi connectivity index (χ3v) is 5.66. The number of nitrogens with zero attached hydrogens (tertiary/aromatic N) is 5. The molecule has 0 unspecified atom stereocenters. The van der Waals surface area contributed by atoms with E-state index in [1.807, 2.05) is 30.3 Å². The van der Waals surface area contributed by atoms with Crippen molar-refractivity contribution in [1.82, 2.24) is 23.4 Å². The van der Waals surface area contributed by atoms with Crippen LogP contribution in [0.25, 0.3) is 5.69 Å². The lowest BCUT2D eigenvalue weighted by Crippen LogP contribution is -2.48. The van der Waals surface area contributed by atoms with Crippen molar-refractivity contribution in [2.45, 2.75) is 6.04 Å². The Morgan fingerprint density at radius 3 is 2.70 bits per heavy atom. The van der Waals surface area contributed by atoms with E-state index in [1.54, 1.807) is 4.68 Å². The third-order valence-electron chi connectivity index (χ3n) is 3.71.